The van der Waals surface area contributed by atoms with Crippen LogP contribution in [0.2, 0.25) is 0 Å². The fourth-order valence-electron chi connectivity index (χ4n) is 4.41. The molecule has 0 saturated heterocycles. The smallest absolute Gasteiger partial charge is 0.258 e. The molecule has 5 rings (SSSR count). The summed E-state index contributed by atoms with van der Waals surface area (Å²) in [6.45, 7) is 2.31. The Bertz CT molecular complexity index is 1460. The Balaban J connectivity index is 1.36. The number of nitrogens with one attached hydrogen (secondary N) is 2. The Labute approximate surface area is 209 Å². The molecule has 6 heteroatoms. The van der Waals surface area contributed by atoms with E-state index in [4.69, 9.17) is 0 Å². The minimum Gasteiger partial charge on any atom is -0.324 e. The first-order valence-electron chi connectivity index (χ1n) is 11.8. The van der Waals surface area contributed by atoms with Crippen molar-refractivity contribution in [2.45, 2.75) is 13.3 Å². The molecule has 3 amide bonds. The molecule has 1 aliphatic rings. The second kappa shape index (κ2) is 9.88. The number of para-hydroxylation sites is 2. The number of hydrogen-bond donors (Lipinski definition) is 2. The van der Waals surface area contributed by atoms with Crippen LogP contribution in [0.25, 0.3) is 11.1 Å². The van der Waals surface area contributed by atoms with Crippen molar-refractivity contribution in [2.24, 2.45) is 0 Å². The van der Waals surface area contributed by atoms with E-state index in [1.807, 2.05) is 67.6 Å². The third kappa shape index (κ3) is 4.61. The minimum atomic E-state index is -0.223. The maximum Gasteiger partial charge on any atom is 0.258 e. The molecule has 0 saturated carbocycles. The molecule has 6 nitrogen and oxygen atoms in total. The van der Waals surface area contributed by atoms with Crippen molar-refractivity contribution in [3.63, 3.8) is 0 Å². The van der Waals surface area contributed by atoms with Crippen molar-refractivity contribution in [3.05, 3.63) is 114 Å². The summed E-state index contributed by atoms with van der Waals surface area (Å²) >= 11 is 0. The molecule has 0 spiro atoms. The van der Waals surface area contributed by atoms with E-state index in [-0.39, 0.29) is 30.7 Å². The molecule has 0 fully saturated rings. The van der Waals surface area contributed by atoms with E-state index in [9.17, 15) is 14.4 Å². The van der Waals surface area contributed by atoms with Crippen LogP contribution in [-0.4, -0.2) is 24.3 Å². The summed E-state index contributed by atoms with van der Waals surface area (Å²) in [5.74, 6) is -0.553. The number of aryl methyl sites for hydroxylation is 1. The van der Waals surface area contributed by atoms with Crippen LogP contribution in [0.1, 0.15) is 32.7 Å². The highest BCUT2D eigenvalue weighted by Crippen LogP contribution is 2.30. The SMILES string of the molecule is Cc1ccccc1-c1ccccc1C(=O)Nc1ccc(C(=O)N2CCC(=O)Nc3ccccc32)cc1. The van der Waals surface area contributed by atoms with Gasteiger partial charge in [-0.15, -0.1) is 0 Å². The van der Waals surface area contributed by atoms with Gasteiger partial charge in [0.1, 0.15) is 0 Å². The predicted molar refractivity (Wildman–Crippen MR) is 142 cm³/mol. The first-order chi connectivity index (χ1) is 17.5. The number of rotatable bonds is 4. The quantitative estimate of drug-likeness (QED) is 0.386. The van der Waals surface area contributed by atoms with Crippen molar-refractivity contribution >= 4 is 34.8 Å². The molecule has 0 radical (unpaired) electrons. The van der Waals surface area contributed by atoms with Crippen LogP contribution in [0.3, 0.4) is 0 Å². The van der Waals surface area contributed by atoms with Gasteiger partial charge in [0, 0.05) is 29.8 Å². The molecule has 36 heavy (non-hydrogen) atoms. The van der Waals surface area contributed by atoms with E-state index < -0.39 is 0 Å². The van der Waals surface area contributed by atoms with Crippen molar-refractivity contribution in [1.82, 2.24) is 0 Å². The van der Waals surface area contributed by atoms with Crippen molar-refractivity contribution in [1.29, 1.82) is 0 Å². The summed E-state index contributed by atoms with van der Waals surface area (Å²) in [5.41, 5.74) is 5.88. The van der Waals surface area contributed by atoms with Gasteiger partial charge < -0.3 is 15.5 Å². The van der Waals surface area contributed by atoms with Gasteiger partial charge in [-0.05, 0) is 66.1 Å². The molecule has 1 heterocycles. The monoisotopic (exact) mass is 475 g/mol. The molecule has 0 bridgehead atoms. The van der Waals surface area contributed by atoms with E-state index in [0.29, 0.717) is 28.2 Å². The number of amides is 3. The van der Waals surface area contributed by atoms with E-state index in [1.54, 1.807) is 41.3 Å². The van der Waals surface area contributed by atoms with Gasteiger partial charge >= 0.3 is 0 Å². The van der Waals surface area contributed by atoms with Crippen LogP contribution in [0.5, 0.6) is 0 Å². The average Bonchev–Trinajstić information content (AvgIpc) is 3.07. The van der Waals surface area contributed by atoms with Crippen LogP contribution in [0.15, 0.2) is 97.1 Å². The molecule has 0 aliphatic carbocycles. The normalized spacial score (nSPS) is 12.8. The Morgan fingerprint density at radius 3 is 2.25 bits per heavy atom. The lowest BCUT2D eigenvalue weighted by atomic mass is 9.95. The third-order valence-electron chi connectivity index (χ3n) is 6.27. The van der Waals surface area contributed by atoms with Crippen LogP contribution < -0.4 is 15.5 Å². The van der Waals surface area contributed by atoms with Crippen molar-refractivity contribution in [3.8, 4) is 11.1 Å². The molecule has 2 N–H and O–H groups in total. The van der Waals surface area contributed by atoms with Gasteiger partial charge in [0.2, 0.25) is 5.91 Å². The summed E-state index contributed by atoms with van der Waals surface area (Å²) in [6, 6.07) is 29.5. The van der Waals surface area contributed by atoms with Gasteiger partial charge in [0.05, 0.1) is 11.4 Å². The van der Waals surface area contributed by atoms with Crippen LogP contribution in [0, 0.1) is 6.92 Å². The van der Waals surface area contributed by atoms with Gasteiger partial charge in [0.25, 0.3) is 11.8 Å². The van der Waals surface area contributed by atoms with Crippen LogP contribution >= 0.6 is 0 Å². The number of hydrogen-bond acceptors (Lipinski definition) is 3. The minimum absolute atomic E-state index is 0.123. The molecule has 1 aliphatic heterocycles. The topological polar surface area (TPSA) is 78.5 Å². The zero-order chi connectivity index (χ0) is 25.1. The fraction of sp³-hybridized carbons (Fsp3) is 0.100. The van der Waals surface area contributed by atoms with Crippen LogP contribution in [0.4, 0.5) is 17.1 Å². The molecular weight excluding hydrogens is 450 g/mol. The van der Waals surface area contributed by atoms with Gasteiger partial charge in [-0.3, -0.25) is 14.4 Å². The molecule has 0 unspecified atom stereocenters. The van der Waals surface area contributed by atoms with Crippen molar-refractivity contribution < 1.29 is 14.4 Å². The van der Waals surface area contributed by atoms with Gasteiger partial charge in [0.15, 0.2) is 0 Å². The Hall–Kier alpha value is -4.71. The molecule has 0 atom stereocenters. The van der Waals surface area contributed by atoms with Crippen molar-refractivity contribution in [2.75, 3.05) is 22.1 Å². The summed E-state index contributed by atoms with van der Waals surface area (Å²) < 4.78 is 0. The van der Waals surface area contributed by atoms with Crippen LogP contribution in [-0.2, 0) is 4.79 Å². The first kappa shape index (κ1) is 23.1. The molecule has 178 valence electrons. The second-order valence-corrected chi connectivity index (χ2v) is 8.66. The molecule has 0 aromatic heterocycles. The van der Waals surface area contributed by atoms with Gasteiger partial charge in [-0.1, -0.05) is 54.6 Å². The summed E-state index contributed by atoms with van der Waals surface area (Å²) in [5, 5.41) is 5.79. The highest BCUT2D eigenvalue weighted by molar-refractivity contribution is 6.11. The zero-order valence-electron chi connectivity index (χ0n) is 19.8. The predicted octanol–water partition coefficient (Wildman–Crippen LogP) is 5.90. The highest BCUT2D eigenvalue weighted by Gasteiger charge is 2.24. The Morgan fingerprint density at radius 1 is 0.806 bits per heavy atom. The summed E-state index contributed by atoms with van der Waals surface area (Å²) in [6.07, 6.45) is 0.217. The summed E-state index contributed by atoms with van der Waals surface area (Å²) in [7, 11) is 0. The third-order valence-corrected chi connectivity index (χ3v) is 6.27. The highest BCUT2D eigenvalue weighted by atomic mass is 16.2. The van der Waals surface area contributed by atoms with E-state index in [2.05, 4.69) is 10.6 Å². The van der Waals surface area contributed by atoms with E-state index in [0.717, 1.165) is 16.7 Å². The Kier molecular flexibility index (Phi) is 6.33. The number of fused-ring (bicyclic) bond motifs is 1. The standard InChI is InChI=1S/C30H25N3O3/c1-20-8-2-3-9-23(20)24-10-4-5-11-25(24)29(35)31-22-16-14-21(15-17-22)30(36)33-19-18-28(34)32-26-12-6-7-13-27(26)33/h2-17H,18-19H2,1H3,(H,31,35)(H,32,34). The number of benzene rings is 4. The average molecular weight is 476 g/mol. The van der Waals surface area contributed by atoms with Gasteiger partial charge in [-0.25, -0.2) is 0 Å². The first-order valence-corrected chi connectivity index (χ1v) is 11.8. The molecular formula is C30H25N3O3. The Morgan fingerprint density at radius 2 is 1.47 bits per heavy atom. The fourth-order valence-corrected chi connectivity index (χ4v) is 4.41. The number of anilines is 3. The van der Waals surface area contributed by atoms with E-state index in [1.165, 1.54) is 0 Å². The molecule has 4 aromatic rings. The number of carbonyl (C=O) groups excluding carboxylic acids is 3. The second-order valence-electron chi connectivity index (χ2n) is 8.66. The van der Waals surface area contributed by atoms with E-state index >= 15 is 0 Å². The molecule has 4 aromatic carbocycles. The lowest BCUT2D eigenvalue weighted by Gasteiger charge is -2.22. The van der Waals surface area contributed by atoms with Gasteiger partial charge in [-0.2, -0.15) is 0 Å². The number of carbonyl (C=O) groups is 3. The maximum absolute atomic E-state index is 13.3. The lowest BCUT2D eigenvalue weighted by molar-refractivity contribution is -0.115. The lowest BCUT2D eigenvalue weighted by Crippen LogP contribution is -2.31. The largest absolute Gasteiger partial charge is 0.324 e. The maximum atomic E-state index is 13.3. The number of nitrogens with zero attached hydrogens (tertiary/aromatic N) is 1. The summed E-state index contributed by atoms with van der Waals surface area (Å²) in [4.78, 5) is 40.1. The zero-order valence-corrected chi connectivity index (χ0v) is 19.8.